The molecule has 0 aliphatic carbocycles. The summed E-state index contributed by atoms with van der Waals surface area (Å²) in [5.41, 5.74) is 0.599. The Bertz CT molecular complexity index is 696. The lowest BCUT2D eigenvalue weighted by Crippen LogP contribution is -2.43. The molecule has 1 amide bonds. The number of sulfone groups is 1. The lowest BCUT2D eigenvalue weighted by Gasteiger charge is -2.28. The molecule has 1 aromatic rings. The molecule has 0 unspecified atom stereocenters. The van der Waals surface area contributed by atoms with Gasteiger partial charge in [-0.15, -0.1) is 0 Å². The van der Waals surface area contributed by atoms with Crippen LogP contribution in [0, 0.1) is 0 Å². The summed E-state index contributed by atoms with van der Waals surface area (Å²) >= 11 is 0. The van der Waals surface area contributed by atoms with Crippen molar-refractivity contribution in [1.82, 2.24) is 0 Å². The van der Waals surface area contributed by atoms with E-state index in [2.05, 4.69) is 0 Å². The fourth-order valence-electron chi connectivity index (χ4n) is 2.51. The molecule has 0 saturated carbocycles. The number of allylic oxidation sites excluding steroid dienone is 1. The number of esters is 1. The molecule has 0 spiro atoms. The highest BCUT2D eigenvalue weighted by Gasteiger charge is 2.35. The number of carbonyl (C=O) groups is 2. The first-order chi connectivity index (χ1) is 10.9. The van der Waals surface area contributed by atoms with Gasteiger partial charge in [0.2, 0.25) is 0 Å². The molecule has 23 heavy (non-hydrogen) atoms. The Labute approximate surface area is 135 Å². The fraction of sp³-hybridized carbons (Fsp3) is 0.375. The molecule has 1 aliphatic rings. The van der Waals surface area contributed by atoms with Gasteiger partial charge < -0.3 is 9.64 Å². The van der Waals surface area contributed by atoms with Gasteiger partial charge in [-0.25, -0.2) is 13.2 Å². The van der Waals surface area contributed by atoms with Gasteiger partial charge in [0.1, 0.15) is 0 Å². The van der Waals surface area contributed by atoms with E-state index < -0.39 is 34.4 Å². The number of hydrogen-bond acceptors (Lipinski definition) is 5. The minimum Gasteiger partial charge on any atom is -0.452 e. The van der Waals surface area contributed by atoms with E-state index in [0.29, 0.717) is 12.1 Å². The van der Waals surface area contributed by atoms with Crippen molar-refractivity contribution in [1.29, 1.82) is 0 Å². The van der Waals surface area contributed by atoms with Crippen LogP contribution in [0.5, 0.6) is 0 Å². The van der Waals surface area contributed by atoms with Gasteiger partial charge in [0, 0.05) is 11.8 Å². The minimum absolute atomic E-state index is 0.0621. The molecule has 1 atom stereocenters. The van der Waals surface area contributed by atoms with E-state index in [4.69, 9.17) is 4.74 Å². The Kier molecular flexibility index (Phi) is 5.54. The standard InChI is InChI=1S/C16H19NO5S/c1-2-6-16(19)22-11-15(18)17(13-7-4-3-5-8-13)14-9-10-23(20,21)12-14/h2-8,14H,9-12H2,1H3/b6-2+/t14-/m1/s1. The zero-order chi connectivity index (χ0) is 16.9. The molecule has 2 rings (SSSR count). The summed E-state index contributed by atoms with van der Waals surface area (Å²) in [6.45, 7) is 1.25. The maximum Gasteiger partial charge on any atom is 0.330 e. The van der Waals surface area contributed by atoms with E-state index in [9.17, 15) is 18.0 Å². The van der Waals surface area contributed by atoms with Crippen LogP contribution in [0.15, 0.2) is 42.5 Å². The van der Waals surface area contributed by atoms with Crippen molar-refractivity contribution in [3.63, 3.8) is 0 Å². The molecule has 0 N–H and O–H groups in total. The van der Waals surface area contributed by atoms with E-state index in [1.54, 1.807) is 31.2 Å². The van der Waals surface area contributed by atoms with Crippen molar-refractivity contribution < 1.29 is 22.7 Å². The third-order valence-corrected chi connectivity index (χ3v) is 5.27. The van der Waals surface area contributed by atoms with Crippen molar-refractivity contribution in [3.05, 3.63) is 42.5 Å². The van der Waals surface area contributed by atoms with Crippen LogP contribution in [-0.2, 0) is 24.2 Å². The Balaban J connectivity index is 2.17. The van der Waals surface area contributed by atoms with E-state index in [1.807, 2.05) is 6.07 Å². The van der Waals surface area contributed by atoms with E-state index in [1.165, 1.54) is 17.1 Å². The van der Waals surface area contributed by atoms with Crippen molar-refractivity contribution in [2.75, 3.05) is 23.0 Å². The Morgan fingerprint density at radius 1 is 1.30 bits per heavy atom. The first-order valence-corrected chi connectivity index (χ1v) is 9.12. The SMILES string of the molecule is C/C=C/C(=O)OCC(=O)N(c1ccccc1)[C@@H]1CCS(=O)(=O)C1. The van der Waals surface area contributed by atoms with Crippen LogP contribution >= 0.6 is 0 Å². The smallest absolute Gasteiger partial charge is 0.330 e. The number of hydrogen-bond donors (Lipinski definition) is 0. The van der Waals surface area contributed by atoms with Crippen LogP contribution in [0.25, 0.3) is 0 Å². The van der Waals surface area contributed by atoms with Crippen molar-refractivity contribution in [3.8, 4) is 0 Å². The number of nitrogens with zero attached hydrogens (tertiary/aromatic N) is 1. The predicted octanol–water partition coefficient (Wildman–Crippen LogP) is 1.33. The number of para-hydroxylation sites is 1. The van der Waals surface area contributed by atoms with E-state index in [-0.39, 0.29) is 11.5 Å². The van der Waals surface area contributed by atoms with Gasteiger partial charge in [-0.3, -0.25) is 4.79 Å². The summed E-state index contributed by atoms with van der Waals surface area (Å²) in [6.07, 6.45) is 3.12. The average molecular weight is 337 g/mol. The van der Waals surface area contributed by atoms with Crippen LogP contribution in [0.1, 0.15) is 13.3 Å². The molecule has 1 fully saturated rings. The normalized spacial score (nSPS) is 19.6. The van der Waals surface area contributed by atoms with Crippen LogP contribution in [0.3, 0.4) is 0 Å². The monoisotopic (exact) mass is 337 g/mol. The van der Waals surface area contributed by atoms with Crippen molar-refractivity contribution in [2.24, 2.45) is 0 Å². The largest absolute Gasteiger partial charge is 0.452 e. The highest BCUT2D eigenvalue weighted by atomic mass is 32.2. The molecule has 6 nitrogen and oxygen atoms in total. The summed E-state index contributed by atoms with van der Waals surface area (Å²) in [4.78, 5) is 25.3. The number of ether oxygens (including phenoxy) is 1. The predicted molar refractivity (Wildman–Crippen MR) is 86.8 cm³/mol. The summed E-state index contributed by atoms with van der Waals surface area (Å²) in [6, 6.07) is 8.38. The highest BCUT2D eigenvalue weighted by Crippen LogP contribution is 2.24. The molecule has 124 valence electrons. The van der Waals surface area contributed by atoms with Crippen molar-refractivity contribution >= 4 is 27.4 Å². The molecule has 1 saturated heterocycles. The maximum absolute atomic E-state index is 12.5. The number of rotatable bonds is 5. The van der Waals surface area contributed by atoms with Gasteiger partial charge in [0.15, 0.2) is 16.4 Å². The van der Waals surface area contributed by atoms with Gasteiger partial charge >= 0.3 is 5.97 Å². The second-order valence-electron chi connectivity index (χ2n) is 5.26. The molecule has 1 aromatic carbocycles. The topological polar surface area (TPSA) is 80.8 Å². The van der Waals surface area contributed by atoms with E-state index >= 15 is 0 Å². The van der Waals surface area contributed by atoms with Gasteiger partial charge in [-0.05, 0) is 25.5 Å². The Morgan fingerprint density at radius 3 is 2.57 bits per heavy atom. The zero-order valence-electron chi connectivity index (χ0n) is 12.8. The first kappa shape index (κ1) is 17.2. The Hall–Kier alpha value is -2.15. The summed E-state index contributed by atoms with van der Waals surface area (Å²) in [5.74, 6) is -1.05. The van der Waals surface area contributed by atoms with Crippen LogP contribution in [0.4, 0.5) is 5.69 Å². The summed E-state index contributed by atoms with van der Waals surface area (Å²) in [7, 11) is -3.13. The first-order valence-electron chi connectivity index (χ1n) is 7.30. The van der Waals surface area contributed by atoms with Crippen molar-refractivity contribution in [2.45, 2.75) is 19.4 Å². The molecule has 1 heterocycles. The Morgan fingerprint density at radius 2 is 2.00 bits per heavy atom. The average Bonchev–Trinajstić information content (AvgIpc) is 2.86. The minimum atomic E-state index is -3.13. The van der Waals surface area contributed by atoms with Gasteiger partial charge in [-0.2, -0.15) is 0 Å². The zero-order valence-corrected chi connectivity index (χ0v) is 13.7. The lowest BCUT2D eigenvalue weighted by atomic mass is 10.2. The molecular formula is C16H19NO5S. The number of carbonyl (C=O) groups excluding carboxylic acids is 2. The van der Waals surface area contributed by atoms with Gasteiger partial charge in [0.05, 0.1) is 17.5 Å². The second-order valence-corrected chi connectivity index (χ2v) is 7.49. The molecule has 7 heteroatoms. The van der Waals surface area contributed by atoms with Crippen LogP contribution in [0.2, 0.25) is 0 Å². The number of amides is 1. The summed E-state index contributed by atoms with van der Waals surface area (Å²) < 4.78 is 28.3. The third-order valence-electron chi connectivity index (χ3n) is 3.52. The van der Waals surface area contributed by atoms with Crippen LogP contribution in [-0.4, -0.2) is 44.4 Å². The molecule has 0 bridgehead atoms. The third kappa shape index (κ3) is 4.66. The molecular weight excluding hydrogens is 318 g/mol. The van der Waals surface area contributed by atoms with Crippen LogP contribution < -0.4 is 4.90 Å². The highest BCUT2D eigenvalue weighted by molar-refractivity contribution is 7.91. The second kappa shape index (κ2) is 7.41. The lowest BCUT2D eigenvalue weighted by molar-refractivity contribution is -0.143. The maximum atomic E-state index is 12.5. The molecule has 0 aromatic heterocycles. The van der Waals surface area contributed by atoms with Gasteiger partial charge in [0.25, 0.3) is 5.91 Å². The number of anilines is 1. The van der Waals surface area contributed by atoms with Gasteiger partial charge in [-0.1, -0.05) is 24.3 Å². The number of benzene rings is 1. The van der Waals surface area contributed by atoms with E-state index in [0.717, 1.165) is 0 Å². The fourth-order valence-corrected chi connectivity index (χ4v) is 4.21. The molecule has 0 radical (unpaired) electrons. The quantitative estimate of drug-likeness (QED) is 0.598. The molecule has 1 aliphatic heterocycles. The summed E-state index contributed by atoms with van der Waals surface area (Å²) in [5, 5.41) is 0.